The molecule has 1 aliphatic carbocycles. The van der Waals surface area contributed by atoms with Crippen LogP contribution in [-0.2, 0) is 6.42 Å². The Morgan fingerprint density at radius 2 is 1.92 bits per heavy atom. The molecule has 0 spiro atoms. The van der Waals surface area contributed by atoms with Crippen molar-refractivity contribution in [2.75, 3.05) is 0 Å². The maximum atomic E-state index is 14.3. The fraction of sp³-hybridized carbons (Fsp3) is 0.500. The van der Waals surface area contributed by atoms with Crippen LogP contribution in [0.4, 0.5) is 22.0 Å². The van der Waals surface area contributed by atoms with E-state index >= 15 is 0 Å². The third kappa shape index (κ3) is 5.68. The first kappa shape index (κ1) is 19.7. The second-order valence-corrected chi connectivity index (χ2v) is 6.53. The van der Waals surface area contributed by atoms with Gasteiger partial charge in [-0.05, 0) is 62.5 Å². The second-order valence-electron chi connectivity index (χ2n) is 6.53. The van der Waals surface area contributed by atoms with Crippen LogP contribution in [0.3, 0.4) is 0 Å². The summed E-state index contributed by atoms with van der Waals surface area (Å²) < 4.78 is 65.2. The monoisotopic (exact) mass is 358 g/mol. The number of alkyl halides is 3. The molecule has 0 nitrogen and oxygen atoms in total. The Labute approximate surface area is 145 Å². The lowest BCUT2D eigenvalue weighted by atomic mass is 9.84. The summed E-state index contributed by atoms with van der Waals surface area (Å²) in [5.41, 5.74) is 0.709. The predicted octanol–water partition coefficient (Wildman–Crippen LogP) is 7.00. The van der Waals surface area contributed by atoms with Crippen LogP contribution in [0.2, 0.25) is 0 Å². The van der Waals surface area contributed by atoms with Crippen molar-refractivity contribution in [3.05, 3.63) is 53.1 Å². The minimum Gasteiger partial charge on any atom is -0.203 e. The van der Waals surface area contributed by atoms with Crippen molar-refractivity contribution in [1.82, 2.24) is 0 Å². The van der Waals surface area contributed by atoms with Crippen LogP contribution in [0, 0.1) is 17.6 Å². The lowest BCUT2D eigenvalue weighted by molar-refractivity contribution is -0.134. The lowest BCUT2D eigenvalue weighted by Gasteiger charge is -2.22. The van der Waals surface area contributed by atoms with Gasteiger partial charge in [-0.15, -0.1) is 0 Å². The van der Waals surface area contributed by atoms with Crippen LogP contribution in [0.1, 0.15) is 56.6 Å². The molecule has 0 heterocycles. The molecule has 0 fully saturated rings. The fourth-order valence-corrected chi connectivity index (χ4v) is 3.20. The molecule has 2 rings (SSSR count). The summed E-state index contributed by atoms with van der Waals surface area (Å²) in [5, 5.41) is 0. The maximum absolute atomic E-state index is 14.3. The van der Waals surface area contributed by atoms with E-state index in [1.165, 1.54) is 12.1 Å². The molecule has 0 radical (unpaired) electrons. The van der Waals surface area contributed by atoms with Gasteiger partial charge < -0.3 is 0 Å². The molecule has 0 saturated carbocycles. The number of benzene rings is 1. The highest BCUT2D eigenvalue weighted by Gasteiger charge is 2.28. The molecule has 1 aromatic carbocycles. The van der Waals surface area contributed by atoms with Crippen molar-refractivity contribution >= 4 is 5.57 Å². The van der Waals surface area contributed by atoms with Gasteiger partial charge in [-0.3, -0.25) is 0 Å². The molecule has 5 heteroatoms. The minimum atomic E-state index is -4.38. The van der Waals surface area contributed by atoms with Gasteiger partial charge in [-0.2, -0.15) is 13.2 Å². The topological polar surface area (TPSA) is 0 Å². The first-order chi connectivity index (χ1) is 11.8. The highest BCUT2D eigenvalue weighted by molar-refractivity contribution is 5.67. The van der Waals surface area contributed by atoms with Gasteiger partial charge in [0, 0.05) is 12.0 Å². The third-order valence-electron chi connectivity index (χ3n) is 4.68. The highest BCUT2D eigenvalue weighted by atomic mass is 19.4. The number of halogens is 5. The van der Waals surface area contributed by atoms with E-state index in [4.69, 9.17) is 0 Å². The molecule has 138 valence electrons. The molecule has 1 aromatic rings. The molecule has 1 atom stereocenters. The number of aryl methyl sites for hydroxylation is 1. The Kier molecular flexibility index (Phi) is 6.79. The number of rotatable bonds is 6. The van der Waals surface area contributed by atoms with Gasteiger partial charge in [0.15, 0.2) is 11.6 Å². The van der Waals surface area contributed by atoms with E-state index in [0.717, 1.165) is 31.3 Å². The maximum Gasteiger partial charge on any atom is 0.389 e. The Morgan fingerprint density at radius 1 is 1.16 bits per heavy atom. The summed E-state index contributed by atoms with van der Waals surface area (Å²) in [5.74, 6) is -1.64. The van der Waals surface area contributed by atoms with Crippen LogP contribution < -0.4 is 0 Å². The molecule has 1 unspecified atom stereocenters. The standard InChI is InChI=1S/C20H23F5/c1-2-3-4-5-14-6-8-15(9-7-14)17-11-10-16(18(21)19(17)22)12-13-20(23,24)25/h2-3,8,10-11,14H,4-7,9,12-13H2,1H3. The number of hydrogen-bond donors (Lipinski definition) is 0. The van der Waals surface area contributed by atoms with Crippen molar-refractivity contribution in [1.29, 1.82) is 0 Å². The van der Waals surface area contributed by atoms with E-state index in [-0.39, 0.29) is 11.1 Å². The zero-order valence-corrected chi connectivity index (χ0v) is 14.3. The van der Waals surface area contributed by atoms with E-state index in [1.807, 2.05) is 19.1 Å². The Hall–Kier alpha value is -1.65. The summed E-state index contributed by atoms with van der Waals surface area (Å²) in [6.45, 7) is 1.98. The van der Waals surface area contributed by atoms with Gasteiger partial charge in [-0.1, -0.05) is 30.4 Å². The molecule has 1 aliphatic rings. The summed E-state index contributed by atoms with van der Waals surface area (Å²) in [6.07, 6.45) is 4.49. The molecule has 0 aromatic heterocycles. The van der Waals surface area contributed by atoms with E-state index in [1.54, 1.807) is 0 Å². The Bertz CT molecular complexity index is 640. The zero-order valence-electron chi connectivity index (χ0n) is 14.3. The summed E-state index contributed by atoms with van der Waals surface area (Å²) in [6, 6.07) is 2.69. The zero-order chi connectivity index (χ0) is 18.4. The minimum absolute atomic E-state index is 0.181. The molecule has 0 saturated heterocycles. The van der Waals surface area contributed by atoms with Crippen molar-refractivity contribution in [3.8, 4) is 0 Å². The van der Waals surface area contributed by atoms with Crippen molar-refractivity contribution in [2.45, 2.75) is 58.0 Å². The third-order valence-corrected chi connectivity index (χ3v) is 4.68. The van der Waals surface area contributed by atoms with Crippen LogP contribution in [-0.4, -0.2) is 6.18 Å². The summed E-state index contributed by atoms with van der Waals surface area (Å²) in [4.78, 5) is 0. The highest BCUT2D eigenvalue weighted by Crippen LogP contribution is 2.35. The number of hydrogen-bond acceptors (Lipinski definition) is 0. The molecule has 0 bridgehead atoms. The van der Waals surface area contributed by atoms with E-state index in [0.29, 0.717) is 12.3 Å². The van der Waals surface area contributed by atoms with Crippen LogP contribution in [0.15, 0.2) is 30.4 Å². The molecular formula is C20H23F5. The van der Waals surface area contributed by atoms with Crippen molar-refractivity contribution in [2.24, 2.45) is 5.92 Å². The molecule has 0 amide bonds. The molecular weight excluding hydrogens is 335 g/mol. The normalized spacial score (nSPS) is 18.6. The van der Waals surface area contributed by atoms with Gasteiger partial charge in [0.25, 0.3) is 0 Å². The first-order valence-corrected chi connectivity index (χ1v) is 8.66. The average molecular weight is 358 g/mol. The van der Waals surface area contributed by atoms with E-state index < -0.39 is 30.7 Å². The SMILES string of the molecule is CC=CCCC1CC=C(c2ccc(CCC(F)(F)F)c(F)c2F)CC1. The van der Waals surface area contributed by atoms with Gasteiger partial charge in [0.2, 0.25) is 0 Å². The van der Waals surface area contributed by atoms with Gasteiger partial charge in [0.05, 0.1) is 0 Å². The average Bonchev–Trinajstić information content (AvgIpc) is 2.56. The van der Waals surface area contributed by atoms with E-state index in [9.17, 15) is 22.0 Å². The lowest BCUT2D eigenvalue weighted by Crippen LogP contribution is -2.11. The second kappa shape index (κ2) is 8.63. The van der Waals surface area contributed by atoms with Crippen molar-refractivity contribution in [3.63, 3.8) is 0 Å². The van der Waals surface area contributed by atoms with Crippen molar-refractivity contribution < 1.29 is 22.0 Å². The molecule has 0 aliphatic heterocycles. The van der Waals surface area contributed by atoms with Crippen LogP contribution in [0.5, 0.6) is 0 Å². The Balaban J connectivity index is 2.06. The molecule has 0 N–H and O–H groups in total. The summed E-state index contributed by atoms with van der Waals surface area (Å²) >= 11 is 0. The molecule has 25 heavy (non-hydrogen) atoms. The van der Waals surface area contributed by atoms with Gasteiger partial charge in [-0.25, -0.2) is 8.78 Å². The Morgan fingerprint density at radius 3 is 2.52 bits per heavy atom. The fourth-order valence-electron chi connectivity index (χ4n) is 3.20. The largest absolute Gasteiger partial charge is 0.389 e. The van der Waals surface area contributed by atoms with Gasteiger partial charge in [0.1, 0.15) is 0 Å². The predicted molar refractivity (Wildman–Crippen MR) is 90.1 cm³/mol. The van der Waals surface area contributed by atoms with Crippen LogP contribution >= 0.6 is 0 Å². The number of allylic oxidation sites excluding steroid dienone is 4. The van der Waals surface area contributed by atoms with E-state index in [2.05, 4.69) is 6.08 Å². The summed E-state index contributed by atoms with van der Waals surface area (Å²) in [7, 11) is 0. The van der Waals surface area contributed by atoms with Crippen LogP contribution in [0.25, 0.3) is 5.57 Å². The first-order valence-electron chi connectivity index (χ1n) is 8.66. The van der Waals surface area contributed by atoms with Gasteiger partial charge >= 0.3 is 6.18 Å². The smallest absolute Gasteiger partial charge is 0.203 e. The quantitative estimate of drug-likeness (QED) is 0.379.